The van der Waals surface area contributed by atoms with Gasteiger partial charge in [0.25, 0.3) is 0 Å². The van der Waals surface area contributed by atoms with Crippen molar-refractivity contribution in [2.45, 2.75) is 6.42 Å². The molecule has 0 saturated heterocycles. The molecule has 3 aromatic rings. The molecule has 22 heavy (non-hydrogen) atoms. The summed E-state index contributed by atoms with van der Waals surface area (Å²) < 4.78 is 5.73. The average Bonchev–Trinajstić information content (AvgIpc) is 2.97. The first-order valence-corrected chi connectivity index (χ1v) is 7.12. The van der Waals surface area contributed by atoms with E-state index >= 15 is 0 Å². The summed E-state index contributed by atoms with van der Waals surface area (Å²) in [6.45, 7) is 7.91. The number of hydrogen-bond acceptors (Lipinski definition) is 3. The minimum atomic E-state index is 0.439. The van der Waals surface area contributed by atoms with Crippen molar-refractivity contribution in [1.29, 1.82) is 0 Å². The first-order valence-electron chi connectivity index (χ1n) is 7.12. The van der Waals surface area contributed by atoms with Crippen molar-refractivity contribution in [3.05, 3.63) is 73.3 Å². The molecule has 4 heteroatoms. The minimum absolute atomic E-state index is 0.439. The average molecular weight is 291 g/mol. The molecule has 1 aromatic heterocycles. The second-order valence-electron chi connectivity index (χ2n) is 4.87. The molecule has 2 aromatic carbocycles. The van der Waals surface area contributed by atoms with Gasteiger partial charge in [-0.25, -0.2) is 0 Å². The van der Waals surface area contributed by atoms with Gasteiger partial charge in [0.15, 0.2) is 0 Å². The van der Waals surface area contributed by atoms with Crippen molar-refractivity contribution in [3.8, 4) is 11.4 Å². The molecule has 3 rings (SSSR count). The standard InChI is InChI=1S/C18H17N3O/c1-3-7-14-10-11-18(22-12-4-2)17(13-14)21-19-15-8-5-6-9-16(15)20-21/h3-6,8-11,13H,1-2,7,12H2. The van der Waals surface area contributed by atoms with E-state index in [1.165, 1.54) is 0 Å². The maximum absolute atomic E-state index is 5.73. The molecule has 0 unspecified atom stereocenters. The van der Waals surface area contributed by atoms with Gasteiger partial charge in [-0.05, 0) is 36.2 Å². The maximum Gasteiger partial charge on any atom is 0.147 e. The largest absolute Gasteiger partial charge is 0.487 e. The fourth-order valence-corrected chi connectivity index (χ4v) is 2.25. The van der Waals surface area contributed by atoms with Crippen LogP contribution in [0.5, 0.6) is 5.75 Å². The SMILES string of the molecule is C=CCOc1ccc(CC=C)cc1-n1nc2ccccc2n1. The Labute approximate surface area is 129 Å². The zero-order valence-corrected chi connectivity index (χ0v) is 12.3. The van der Waals surface area contributed by atoms with Crippen LogP contribution in [0.1, 0.15) is 5.56 Å². The Morgan fingerprint density at radius 1 is 1.00 bits per heavy atom. The smallest absolute Gasteiger partial charge is 0.147 e. The van der Waals surface area contributed by atoms with Crippen LogP contribution in [0.25, 0.3) is 16.7 Å². The molecule has 0 saturated carbocycles. The predicted molar refractivity (Wildman–Crippen MR) is 88.5 cm³/mol. The maximum atomic E-state index is 5.73. The fourth-order valence-electron chi connectivity index (χ4n) is 2.25. The lowest BCUT2D eigenvalue weighted by Crippen LogP contribution is -2.04. The normalized spacial score (nSPS) is 10.5. The summed E-state index contributed by atoms with van der Waals surface area (Å²) >= 11 is 0. The second kappa shape index (κ2) is 6.26. The summed E-state index contributed by atoms with van der Waals surface area (Å²) in [4.78, 5) is 1.62. The number of benzene rings is 2. The van der Waals surface area contributed by atoms with E-state index in [2.05, 4.69) is 23.4 Å². The molecular formula is C18H17N3O. The second-order valence-corrected chi connectivity index (χ2v) is 4.87. The molecule has 4 nitrogen and oxygen atoms in total. The van der Waals surface area contributed by atoms with Crippen molar-refractivity contribution in [1.82, 2.24) is 15.0 Å². The number of aromatic nitrogens is 3. The van der Waals surface area contributed by atoms with Crippen LogP contribution >= 0.6 is 0 Å². The molecule has 110 valence electrons. The topological polar surface area (TPSA) is 39.9 Å². The van der Waals surface area contributed by atoms with Crippen LogP contribution in [0.4, 0.5) is 0 Å². The highest BCUT2D eigenvalue weighted by atomic mass is 16.5. The monoisotopic (exact) mass is 291 g/mol. The molecule has 0 atom stereocenters. The van der Waals surface area contributed by atoms with Gasteiger partial charge in [0.05, 0.1) is 0 Å². The summed E-state index contributed by atoms with van der Waals surface area (Å²) in [5.74, 6) is 0.730. The van der Waals surface area contributed by atoms with Gasteiger partial charge in [0.1, 0.15) is 29.1 Å². The van der Waals surface area contributed by atoms with E-state index in [0.29, 0.717) is 6.61 Å². The molecule has 0 amide bonds. The van der Waals surface area contributed by atoms with Gasteiger partial charge in [-0.15, -0.1) is 21.6 Å². The lowest BCUT2D eigenvalue weighted by Gasteiger charge is -2.10. The minimum Gasteiger partial charge on any atom is -0.487 e. The number of hydrogen-bond donors (Lipinski definition) is 0. The van der Waals surface area contributed by atoms with Crippen molar-refractivity contribution in [3.63, 3.8) is 0 Å². The van der Waals surface area contributed by atoms with Gasteiger partial charge >= 0.3 is 0 Å². The van der Waals surface area contributed by atoms with Crippen LogP contribution < -0.4 is 4.74 Å². The van der Waals surface area contributed by atoms with E-state index in [-0.39, 0.29) is 0 Å². The highest BCUT2D eigenvalue weighted by molar-refractivity contribution is 5.73. The summed E-state index contributed by atoms with van der Waals surface area (Å²) in [6, 6.07) is 13.8. The summed E-state index contributed by atoms with van der Waals surface area (Å²) in [6.07, 6.45) is 4.38. The third-order valence-electron chi connectivity index (χ3n) is 3.26. The molecule has 0 spiro atoms. The number of allylic oxidation sites excluding steroid dienone is 1. The van der Waals surface area contributed by atoms with E-state index in [4.69, 9.17) is 4.74 Å². The third kappa shape index (κ3) is 2.76. The number of rotatable bonds is 6. The van der Waals surface area contributed by atoms with Crippen LogP contribution in [0, 0.1) is 0 Å². The Kier molecular flexibility index (Phi) is 4.01. The Balaban J connectivity index is 2.10. The molecule has 0 bridgehead atoms. The summed E-state index contributed by atoms with van der Waals surface area (Å²) in [5.41, 5.74) is 3.66. The lowest BCUT2D eigenvalue weighted by molar-refractivity contribution is 0.360. The molecule has 0 aliphatic rings. The van der Waals surface area contributed by atoms with Crippen molar-refractivity contribution in [2.75, 3.05) is 6.61 Å². The lowest BCUT2D eigenvalue weighted by atomic mass is 10.1. The summed E-state index contributed by atoms with van der Waals surface area (Å²) in [5, 5.41) is 9.05. The molecule has 0 aliphatic heterocycles. The number of nitrogens with zero attached hydrogens (tertiary/aromatic N) is 3. The number of fused-ring (bicyclic) bond motifs is 1. The van der Waals surface area contributed by atoms with Gasteiger partial charge in [-0.2, -0.15) is 0 Å². The Morgan fingerprint density at radius 2 is 1.73 bits per heavy atom. The van der Waals surface area contributed by atoms with Crippen LogP contribution in [-0.4, -0.2) is 21.6 Å². The van der Waals surface area contributed by atoms with Crippen LogP contribution in [0.3, 0.4) is 0 Å². The van der Waals surface area contributed by atoms with E-state index in [0.717, 1.165) is 34.5 Å². The fraction of sp³-hybridized carbons (Fsp3) is 0.111. The molecule has 0 radical (unpaired) electrons. The van der Waals surface area contributed by atoms with Crippen LogP contribution in [0.15, 0.2) is 67.8 Å². The predicted octanol–water partition coefficient (Wildman–Crippen LogP) is 3.71. The quantitative estimate of drug-likeness (QED) is 0.650. The molecule has 0 fully saturated rings. The van der Waals surface area contributed by atoms with Gasteiger partial charge in [0.2, 0.25) is 0 Å². The molecule has 0 N–H and O–H groups in total. The van der Waals surface area contributed by atoms with Crippen LogP contribution in [0.2, 0.25) is 0 Å². The van der Waals surface area contributed by atoms with Crippen molar-refractivity contribution < 1.29 is 4.74 Å². The van der Waals surface area contributed by atoms with E-state index < -0.39 is 0 Å². The van der Waals surface area contributed by atoms with Crippen LogP contribution in [-0.2, 0) is 6.42 Å². The van der Waals surface area contributed by atoms with E-state index in [9.17, 15) is 0 Å². The third-order valence-corrected chi connectivity index (χ3v) is 3.26. The Morgan fingerprint density at radius 3 is 2.36 bits per heavy atom. The number of ether oxygens (including phenoxy) is 1. The van der Waals surface area contributed by atoms with Gasteiger partial charge in [-0.1, -0.05) is 36.9 Å². The zero-order valence-electron chi connectivity index (χ0n) is 12.3. The van der Waals surface area contributed by atoms with Gasteiger partial charge < -0.3 is 4.74 Å². The molecular weight excluding hydrogens is 274 g/mol. The Bertz CT molecular complexity index is 787. The van der Waals surface area contributed by atoms with Gasteiger partial charge in [-0.3, -0.25) is 0 Å². The van der Waals surface area contributed by atoms with E-state index in [1.54, 1.807) is 10.9 Å². The first kappa shape index (κ1) is 14.1. The highest BCUT2D eigenvalue weighted by Gasteiger charge is 2.11. The molecule has 0 aliphatic carbocycles. The Hall–Kier alpha value is -2.88. The highest BCUT2D eigenvalue weighted by Crippen LogP contribution is 2.25. The first-order chi connectivity index (χ1) is 10.8. The van der Waals surface area contributed by atoms with Crippen molar-refractivity contribution in [2.24, 2.45) is 0 Å². The zero-order chi connectivity index (χ0) is 15.4. The molecule has 1 heterocycles. The van der Waals surface area contributed by atoms with Crippen molar-refractivity contribution >= 4 is 11.0 Å². The van der Waals surface area contributed by atoms with Gasteiger partial charge in [0, 0.05) is 0 Å². The van der Waals surface area contributed by atoms with E-state index in [1.807, 2.05) is 48.5 Å². The summed E-state index contributed by atoms with van der Waals surface area (Å²) in [7, 11) is 0.